The third-order valence-electron chi connectivity index (χ3n) is 4.60. The van der Waals surface area contributed by atoms with Crippen LogP contribution in [0.2, 0.25) is 0 Å². The minimum Gasteiger partial charge on any atom is -0.493 e. The molecule has 1 aromatic rings. The van der Waals surface area contributed by atoms with Gasteiger partial charge in [-0.3, -0.25) is 4.79 Å². The average molecular weight is 375 g/mol. The fourth-order valence-corrected chi connectivity index (χ4v) is 3.28. The predicted molar refractivity (Wildman–Crippen MR) is 93.2 cm³/mol. The van der Waals surface area contributed by atoms with Gasteiger partial charge in [0.1, 0.15) is 5.60 Å². The Morgan fingerprint density at radius 1 is 1.26 bits per heavy atom. The van der Waals surface area contributed by atoms with Crippen LogP contribution in [-0.4, -0.2) is 44.3 Å². The summed E-state index contributed by atoms with van der Waals surface area (Å²) >= 11 is 0. The van der Waals surface area contributed by atoms with Gasteiger partial charge in [-0.2, -0.15) is 0 Å². The van der Waals surface area contributed by atoms with Crippen LogP contribution >= 0.6 is 0 Å². The van der Waals surface area contributed by atoms with Crippen LogP contribution in [0.25, 0.3) is 0 Å². The first kappa shape index (κ1) is 18.8. The first-order valence-electron chi connectivity index (χ1n) is 8.42. The number of carbonyl (C=O) groups excluding carboxylic acids is 3. The lowest BCUT2D eigenvalue weighted by Crippen LogP contribution is -2.38. The van der Waals surface area contributed by atoms with Crippen molar-refractivity contribution >= 4 is 17.8 Å². The Bertz CT molecular complexity index is 840. The second-order valence-corrected chi connectivity index (χ2v) is 6.77. The van der Waals surface area contributed by atoms with E-state index < -0.39 is 23.5 Å². The second kappa shape index (κ2) is 6.94. The van der Waals surface area contributed by atoms with Crippen molar-refractivity contribution < 1.29 is 33.3 Å². The fraction of sp³-hybridized carbons (Fsp3) is 0.421. The molecular formula is C19H21NO7. The van der Waals surface area contributed by atoms with Crippen molar-refractivity contribution in [1.82, 2.24) is 5.32 Å². The number of esters is 2. The van der Waals surface area contributed by atoms with Gasteiger partial charge in [0.25, 0.3) is 0 Å². The van der Waals surface area contributed by atoms with Gasteiger partial charge in [-0.15, -0.1) is 0 Å². The SMILES string of the molecule is COC(=O)COc1ccc(C2CC(=O)NC3=C2C(=O)OC3(C)C)cc1OC. The number of benzene rings is 1. The average Bonchev–Trinajstić information content (AvgIpc) is 2.87. The number of methoxy groups -OCH3 is 2. The Morgan fingerprint density at radius 2 is 2.00 bits per heavy atom. The van der Waals surface area contributed by atoms with Crippen molar-refractivity contribution in [2.24, 2.45) is 0 Å². The van der Waals surface area contributed by atoms with E-state index in [-0.39, 0.29) is 18.9 Å². The van der Waals surface area contributed by atoms with Gasteiger partial charge in [0.15, 0.2) is 18.1 Å². The fourth-order valence-electron chi connectivity index (χ4n) is 3.28. The number of hydrogen-bond acceptors (Lipinski definition) is 7. The lowest BCUT2D eigenvalue weighted by atomic mass is 9.82. The number of ether oxygens (including phenoxy) is 4. The van der Waals surface area contributed by atoms with E-state index in [1.54, 1.807) is 32.0 Å². The van der Waals surface area contributed by atoms with Crippen LogP contribution in [0.15, 0.2) is 29.5 Å². The molecule has 0 saturated carbocycles. The Labute approximate surface area is 156 Å². The molecule has 1 unspecified atom stereocenters. The highest BCUT2D eigenvalue weighted by Crippen LogP contribution is 2.44. The summed E-state index contributed by atoms with van der Waals surface area (Å²) in [7, 11) is 2.74. The maximum atomic E-state index is 12.4. The number of carbonyl (C=O) groups is 3. The van der Waals surface area contributed by atoms with Gasteiger partial charge in [-0.25, -0.2) is 9.59 Å². The molecule has 1 aromatic carbocycles. The van der Waals surface area contributed by atoms with E-state index in [4.69, 9.17) is 14.2 Å². The Balaban J connectivity index is 1.96. The molecule has 0 aromatic heterocycles. The molecule has 3 rings (SSSR count). The highest BCUT2D eigenvalue weighted by molar-refractivity contribution is 5.99. The third-order valence-corrected chi connectivity index (χ3v) is 4.60. The molecule has 1 amide bonds. The molecule has 8 heteroatoms. The topological polar surface area (TPSA) is 100 Å². The first-order valence-corrected chi connectivity index (χ1v) is 8.42. The van der Waals surface area contributed by atoms with E-state index in [1.165, 1.54) is 14.2 Å². The van der Waals surface area contributed by atoms with Gasteiger partial charge in [-0.05, 0) is 31.5 Å². The van der Waals surface area contributed by atoms with Crippen LogP contribution in [0.4, 0.5) is 0 Å². The highest BCUT2D eigenvalue weighted by Gasteiger charge is 2.47. The lowest BCUT2D eigenvalue weighted by Gasteiger charge is -2.27. The highest BCUT2D eigenvalue weighted by atomic mass is 16.6. The minimum atomic E-state index is -0.881. The lowest BCUT2D eigenvalue weighted by molar-refractivity contribution is -0.145. The van der Waals surface area contributed by atoms with Gasteiger partial charge in [-0.1, -0.05) is 6.07 Å². The van der Waals surface area contributed by atoms with Crippen LogP contribution in [0, 0.1) is 0 Å². The molecule has 2 heterocycles. The molecule has 0 fully saturated rings. The maximum Gasteiger partial charge on any atom is 0.343 e. The number of amides is 1. The molecule has 8 nitrogen and oxygen atoms in total. The molecule has 1 atom stereocenters. The summed E-state index contributed by atoms with van der Waals surface area (Å²) in [5, 5.41) is 2.77. The van der Waals surface area contributed by atoms with E-state index in [1.807, 2.05) is 0 Å². The van der Waals surface area contributed by atoms with Crippen molar-refractivity contribution in [3.05, 3.63) is 35.0 Å². The van der Waals surface area contributed by atoms with Crippen molar-refractivity contribution in [3.8, 4) is 11.5 Å². The first-order chi connectivity index (χ1) is 12.8. The molecule has 0 spiro atoms. The molecule has 144 valence electrons. The summed E-state index contributed by atoms with van der Waals surface area (Å²) in [5.41, 5.74) is 0.784. The zero-order valence-electron chi connectivity index (χ0n) is 15.6. The van der Waals surface area contributed by atoms with Crippen LogP contribution in [0.3, 0.4) is 0 Å². The van der Waals surface area contributed by atoms with Crippen LogP contribution in [-0.2, 0) is 23.9 Å². The molecule has 0 radical (unpaired) electrons. The summed E-state index contributed by atoms with van der Waals surface area (Å²) < 4.78 is 20.7. The minimum absolute atomic E-state index is 0.121. The molecule has 2 aliphatic heterocycles. The molecule has 0 aliphatic carbocycles. The van der Waals surface area contributed by atoms with Gasteiger partial charge < -0.3 is 24.3 Å². The molecule has 0 bridgehead atoms. The van der Waals surface area contributed by atoms with E-state index in [9.17, 15) is 14.4 Å². The van der Waals surface area contributed by atoms with E-state index >= 15 is 0 Å². The van der Waals surface area contributed by atoms with Crippen molar-refractivity contribution in [1.29, 1.82) is 0 Å². The normalized spacial score (nSPS) is 20.5. The monoisotopic (exact) mass is 375 g/mol. The number of hydrogen-bond donors (Lipinski definition) is 1. The van der Waals surface area contributed by atoms with Crippen LogP contribution < -0.4 is 14.8 Å². The number of nitrogens with one attached hydrogen (secondary N) is 1. The largest absolute Gasteiger partial charge is 0.493 e. The predicted octanol–water partition coefficient (Wildman–Crippen LogP) is 1.44. The van der Waals surface area contributed by atoms with Gasteiger partial charge in [0, 0.05) is 12.3 Å². The van der Waals surface area contributed by atoms with Gasteiger partial charge >= 0.3 is 11.9 Å². The van der Waals surface area contributed by atoms with Crippen molar-refractivity contribution in [2.45, 2.75) is 31.8 Å². The van der Waals surface area contributed by atoms with Gasteiger partial charge in [0.2, 0.25) is 5.91 Å². The molecule has 2 aliphatic rings. The number of cyclic esters (lactones) is 1. The summed E-state index contributed by atoms with van der Waals surface area (Å²) in [6, 6.07) is 5.07. The zero-order chi connectivity index (χ0) is 19.8. The Hall–Kier alpha value is -3.03. The summed E-state index contributed by atoms with van der Waals surface area (Å²) in [5.74, 6) is -0.854. The van der Waals surface area contributed by atoms with Gasteiger partial charge in [0.05, 0.1) is 25.5 Å². The molecule has 1 N–H and O–H groups in total. The smallest absolute Gasteiger partial charge is 0.343 e. The molecule has 27 heavy (non-hydrogen) atoms. The maximum absolute atomic E-state index is 12.4. The van der Waals surface area contributed by atoms with Crippen LogP contribution in [0.5, 0.6) is 11.5 Å². The van der Waals surface area contributed by atoms with Crippen LogP contribution in [0.1, 0.15) is 31.7 Å². The summed E-state index contributed by atoms with van der Waals surface area (Å²) in [6.07, 6.45) is 0.121. The van der Waals surface area contributed by atoms with Crippen molar-refractivity contribution in [2.75, 3.05) is 20.8 Å². The third kappa shape index (κ3) is 3.47. The van der Waals surface area contributed by atoms with E-state index in [0.717, 1.165) is 0 Å². The quantitative estimate of drug-likeness (QED) is 0.777. The van der Waals surface area contributed by atoms with E-state index in [0.29, 0.717) is 28.3 Å². The van der Waals surface area contributed by atoms with E-state index in [2.05, 4.69) is 10.1 Å². The molecular weight excluding hydrogens is 354 g/mol. The summed E-state index contributed by atoms with van der Waals surface area (Å²) in [4.78, 5) is 35.9. The second-order valence-electron chi connectivity index (χ2n) is 6.77. The Kier molecular flexibility index (Phi) is 4.82. The standard InChI is InChI=1S/C19H21NO7/c1-19(2)17-16(18(23)27-19)11(8-14(21)20-17)10-5-6-12(13(7-10)24-3)26-9-15(22)25-4/h5-7,11H,8-9H2,1-4H3,(H,20,21). The summed E-state index contributed by atoms with van der Waals surface area (Å²) in [6.45, 7) is 3.22. The Morgan fingerprint density at radius 3 is 2.67 bits per heavy atom. The number of rotatable bonds is 5. The zero-order valence-corrected chi connectivity index (χ0v) is 15.6. The van der Waals surface area contributed by atoms with Crippen molar-refractivity contribution in [3.63, 3.8) is 0 Å². The molecule has 0 saturated heterocycles.